The first kappa shape index (κ1) is 45.4. The van der Waals surface area contributed by atoms with Crippen LogP contribution in [0.25, 0.3) is 77.5 Å². The maximum atomic E-state index is 2.33. The smallest absolute Gasteiger partial charge is 0.0462 e. The molecule has 0 aliphatic carbocycles. The molecule has 0 saturated heterocycles. The van der Waals surface area contributed by atoms with E-state index in [1.807, 2.05) is 24.3 Å². The highest BCUT2D eigenvalue weighted by molar-refractivity contribution is 6.22. The minimum Gasteiger partial charge on any atom is -0.311 e. The van der Waals surface area contributed by atoms with Crippen LogP contribution in [-0.4, -0.2) is 0 Å². The molecule has 0 N–H and O–H groups in total. The summed E-state index contributed by atoms with van der Waals surface area (Å²) in [4.78, 5) is 4.55. The number of anilines is 6. The molecular formula is C72H52N2. The zero-order valence-corrected chi connectivity index (χ0v) is 40.9. The second kappa shape index (κ2) is 20.9. The summed E-state index contributed by atoms with van der Waals surface area (Å²) in [7, 11) is 0. The first-order valence-corrected chi connectivity index (χ1v) is 25.3. The van der Waals surface area contributed by atoms with Crippen LogP contribution in [0, 0.1) is 0 Å². The van der Waals surface area contributed by atoms with Crippen LogP contribution < -0.4 is 9.80 Å². The van der Waals surface area contributed by atoms with Crippen LogP contribution in [0.2, 0.25) is 0 Å². The van der Waals surface area contributed by atoms with Gasteiger partial charge in [-0.15, -0.1) is 0 Å². The predicted molar refractivity (Wildman–Crippen MR) is 319 cm³/mol. The molecule has 350 valence electrons. The van der Waals surface area contributed by atoms with Crippen molar-refractivity contribution in [3.63, 3.8) is 0 Å². The Bertz CT molecular complexity index is 3640. The quantitative estimate of drug-likeness (QED) is 0.0996. The van der Waals surface area contributed by atoms with E-state index in [1.54, 1.807) is 0 Å². The summed E-state index contributed by atoms with van der Waals surface area (Å²) >= 11 is 0. The molecule has 0 atom stereocenters. The Balaban J connectivity index is 0.000000152. The number of fused-ring (bicyclic) bond motifs is 4. The maximum absolute atomic E-state index is 2.33. The predicted octanol–water partition coefficient (Wildman–Crippen LogP) is 20.4. The van der Waals surface area contributed by atoms with Crippen molar-refractivity contribution in [1.29, 1.82) is 0 Å². The Morgan fingerprint density at radius 1 is 0.203 bits per heavy atom. The van der Waals surface area contributed by atoms with E-state index in [-0.39, 0.29) is 0 Å². The highest BCUT2D eigenvalue weighted by Crippen LogP contribution is 2.45. The van der Waals surface area contributed by atoms with Crippen LogP contribution in [0.5, 0.6) is 0 Å². The molecule has 2 nitrogen and oxygen atoms in total. The molecule has 13 rings (SSSR count). The summed E-state index contributed by atoms with van der Waals surface area (Å²) in [5, 5.41) is 10.2. The fourth-order valence-corrected chi connectivity index (χ4v) is 10.3. The summed E-state index contributed by atoms with van der Waals surface area (Å²) in [6.45, 7) is 0. The maximum Gasteiger partial charge on any atom is 0.0462 e. The van der Waals surface area contributed by atoms with Crippen molar-refractivity contribution in [1.82, 2.24) is 0 Å². The van der Waals surface area contributed by atoms with Gasteiger partial charge in [0.05, 0.1) is 0 Å². The normalized spacial score (nSPS) is 11.2. The third-order valence-corrected chi connectivity index (χ3v) is 13.8. The Hall–Kier alpha value is -9.76. The highest BCUT2D eigenvalue weighted by Gasteiger charge is 2.18. The van der Waals surface area contributed by atoms with Crippen LogP contribution in [0.4, 0.5) is 34.1 Å². The molecule has 0 aromatic heterocycles. The molecule has 0 fully saturated rings. The number of benzene rings is 13. The molecule has 0 bridgehead atoms. The van der Waals surface area contributed by atoms with Crippen molar-refractivity contribution < 1.29 is 0 Å². The van der Waals surface area contributed by atoms with Crippen LogP contribution in [-0.2, 0) is 0 Å². The minimum absolute atomic E-state index is 1.13. The summed E-state index contributed by atoms with van der Waals surface area (Å²) < 4.78 is 0. The first-order chi connectivity index (χ1) is 36.7. The minimum atomic E-state index is 1.13. The lowest BCUT2D eigenvalue weighted by molar-refractivity contribution is 1.28. The summed E-state index contributed by atoms with van der Waals surface area (Å²) in [5.74, 6) is 0. The van der Waals surface area contributed by atoms with Gasteiger partial charge in [0.25, 0.3) is 0 Å². The molecule has 0 heterocycles. The van der Waals surface area contributed by atoms with E-state index in [0.717, 1.165) is 45.3 Å². The second-order valence-electron chi connectivity index (χ2n) is 18.5. The van der Waals surface area contributed by atoms with Gasteiger partial charge in [0.2, 0.25) is 0 Å². The largest absolute Gasteiger partial charge is 0.311 e. The van der Waals surface area contributed by atoms with Crippen molar-refractivity contribution in [2.24, 2.45) is 0 Å². The van der Waals surface area contributed by atoms with E-state index in [2.05, 4.69) is 301 Å². The van der Waals surface area contributed by atoms with E-state index in [4.69, 9.17) is 0 Å². The topological polar surface area (TPSA) is 6.48 Å². The molecule has 74 heavy (non-hydrogen) atoms. The van der Waals surface area contributed by atoms with Crippen molar-refractivity contribution in [3.05, 3.63) is 314 Å². The Morgan fingerprint density at radius 3 is 0.770 bits per heavy atom. The van der Waals surface area contributed by atoms with Gasteiger partial charge in [-0.25, -0.2) is 0 Å². The van der Waals surface area contributed by atoms with Gasteiger partial charge in [0, 0.05) is 34.1 Å². The number of hydrogen-bond acceptors (Lipinski definition) is 2. The zero-order valence-electron chi connectivity index (χ0n) is 40.9. The lowest BCUT2D eigenvalue weighted by atomic mass is 9.85. The molecular weight excluding hydrogens is 893 g/mol. The van der Waals surface area contributed by atoms with E-state index in [9.17, 15) is 0 Å². The van der Waals surface area contributed by atoms with Crippen molar-refractivity contribution in [2.75, 3.05) is 9.80 Å². The number of nitrogens with zero attached hydrogens (tertiary/aromatic N) is 2. The first-order valence-electron chi connectivity index (χ1n) is 25.3. The lowest BCUT2D eigenvalue weighted by Gasteiger charge is -2.25. The second-order valence-corrected chi connectivity index (χ2v) is 18.5. The van der Waals surface area contributed by atoms with Gasteiger partial charge in [0.15, 0.2) is 0 Å². The molecule has 0 aliphatic rings. The van der Waals surface area contributed by atoms with Gasteiger partial charge >= 0.3 is 0 Å². The number of hydrogen-bond donors (Lipinski definition) is 0. The molecule has 2 heteroatoms. The highest BCUT2D eigenvalue weighted by atomic mass is 15.1. The number of rotatable bonds is 10. The van der Waals surface area contributed by atoms with E-state index >= 15 is 0 Å². The van der Waals surface area contributed by atoms with Gasteiger partial charge in [-0.2, -0.15) is 0 Å². The van der Waals surface area contributed by atoms with E-state index in [0.29, 0.717) is 0 Å². The summed E-state index contributed by atoms with van der Waals surface area (Å²) in [6.07, 6.45) is 4.33. The SMILES string of the molecule is C(=C\c1ccc(N(c2ccccc2)c2ccccc2)cc1)/c1ccc(N(c2ccccc2)c2ccccc2)cc1.c1ccc2cc(-c3c4ccccc4c(-c4ccc5ccccc5c4)c4ccccc34)ccc2c1. The Morgan fingerprint density at radius 2 is 0.459 bits per heavy atom. The molecule has 0 amide bonds. The van der Waals surface area contributed by atoms with Gasteiger partial charge in [-0.05, 0) is 161 Å². The third kappa shape index (κ3) is 9.44. The third-order valence-electron chi connectivity index (χ3n) is 13.8. The molecule has 0 unspecified atom stereocenters. The van der Waals surface area contributed by atoms with Crippen molar-refractivity contribution in [3.8, 4) is 22.3 Å². The summed E-state index contributed by atoms with van der Waals surface area (Å²) in [6, 6.07) is 108. The van der Waals surface area contributed by atoms with Gasteiger partial charge in [0.1, 0.15) is 0 Å². The molecule has 13 aromatic rings. The Kier molecular flexibility index (Phi) is 12.8. The van der Waals surface area contributed by atoms with Crippen LogP contribution in [0.3, 0.4) is 0 Å². The van der Waals surface area contributed by atoms with Crippen molar-refractivity contribution >= 4 is 89.4 Å². The summed E-state index contributed by atoms with van der Waals surface area (Å²) in [5.41, 5.74) is 14.2. The molecule has 0 saturated carbocycles. The molecule has 0 radical (unpaired) electrons. The fraction of sp³-hybridized carbons (Fsp3) is 0. The monoisotopic (exact) mass is 944 g/mol. The van der Waals surface area contributed by atoms with Gasteiger partial charge in [-0.3, -0.25) is 0 Å². The molecule has 13 aromatic carbocycles. The van der Waals surface area contributed by atoms with Crippen LogP contribution in [0.1, 0.15) is 11.1 Å². The van der Waals surface area contributed by atoms with E-state index in [1.165, 1.54) is 65.3 Å². The number of para-hydroxylation sites is 4. The van der Waals surface area contributed by atoms with Crippen molar-refractivity contribution in [2.45, 2.75) is 0 Å². The zero-order chi connectivity index (χ0) is 49.5. The fourth-order valence-electron chi connectivity index (χ4n) is 10.3. The molecule has 0 aliphatic heterocycles. The van der Waals surface area contributed by atoms with Gasteiger partial charge < -0.3 is 9.80 Å². The standard InChI is InChI=1S/C38H30N2.C34H22/c1-5-13-33(14-6-1)39(34-15-7-2-8-16-34)37-27-23-31(24-28-37)21-22-32-25-29-38(30-26-32)40(35-17-9-3-10-18-35)36-19-11-4-12-20-36;1-3-11-25-21-27(19-17-23(25)9-1)33-29-13-5-7-15-31(29)34(32-16-8-6-14-30(32)33)28-20-18-24-10-2-4-12-26(24)22-28/h1-30H;1-22H/b22-21+;. The van der Waals surface area contributed by atoms with Crippen LogP contribution >= 0.6 is 0 Å². The lowest BCUT2D eigenvalue weighted by Crippen LogP contribution is -2.09. The Labute approximate surface area is 433 Å². The average molecular weight is 945 g/mol. The van der Waals surface area contributed by atoms with Gasteiger partial charge in [-0.1, -0.05) is 231 Å². The van der Waals surface area contributed by atoms with E-state index < -0.39 is 0 Å². The molecule has 0 spiro atoms. The average Bonchev–Trinajstić information content (AvgIpc) is 3.48. The van der Waals surface area contributed by atoms with Crippen LogP contribution in [0.15, 0.2) is 303 Å².